The van der Waals surface area contributed by atoms with Crippen LogP contribution in [-0.2, 0) is 11.3 Å². The number of benzene rings is 1. The Balaban J connectivity index is 1.62. The molecule has 1 spiro atoms. The smallest absolute Gasteiger partial charge is 0.319 e. The summed E-state index contributed by atoms with van der Waals surface area (Å²) in [5, 5.41) is 0. The van der Waals surface area contributed by atoms with Crippen LogP contribution in [0.4, 0.5) is 4.79 Å². The molecular formula is C19H29N3O2. The van der Waals surface area contributed by atoms with E-state index >= 15 is 0 Å². The first kappa shape index (κ1) is 17.2. The fourth-order valence-electron chi connectivity index (χ4n) is 3.96. The number of carbonyl (C=O) groups is 1. The molecule has 2 aliphatic heterocycles. The van der Waals surface area contributed by atoms with Gasteiger partial charge in [0.2, 0.25) is 0 Å². The number of hydrogen-bond acceptors (Lipinski definition) is 3. The van der Waals surface area contributed by atoms with Crippen LogP contribution in [0.5, 0.6) is 0 Å². The van der Waals surface area contributed by atoms with E-state index in [4.69, 9.17) is 4.74 Å². The number of morpholine rings is 1. The number of amides is 2. The largest absolute Gasteiger partial charge is 0.369 e. The van der Waals surface area contributed by atoms with E-state index in [2.05, 4.69) is 42.2 Å². The van der Waals surface area contributed by atoms with E-state index in [9.17, 15) is 4.79 Å². The predicted molar refractivity (Wildman–Crippen MR) is 94.9 cm³/mol. The maximum absolute atomic E-state index is 12.1. The minimum Gasteiger partial charge on any atom is -0.369 e. The number of nitrogens with zero attached hydrogens (tertiary/aromatic N) is 3. The molecule has 1 aromatic rings. The van der Waals surface area contributed by atoms with Gasteiger partial charge in [0.1, 0.15) is 0 Å². The van der Waals surface area contributed by atoms with Gasteiger partial charge in [-0.05, 0) is 25.3 Å². The van der Waals surface area contributed by atoms with E-state index in [-0.39, 0.29) is 17.7 Å². The molecule has 5 heteroatoms. The van der Waals surface area contributed by atoms with E-state index in [1.165, 1.54) is 5.56 Å². The molecule has 5 nitrogen and oxygen atoms in total. The zero-order valence-corrected chi connectivity index (χ0v) is 15.1. The summed E-state index contributed by atoms with van der Waals surface area (Å²) in [6.45, 7) is 6.62. The van der Waals surface area contributed by atoms with E-state index in [1.54, 1.807) is 4.90 Å². The summed E-state index contributed by atoms with van der Waals surface area (Å²) in [6.07, 6.45) is 2.07. The summed E-state index contributed by atoms with van der Waals surface area (Å²) in [4.78, 5) is 18.2. The third-order valence-electron chi connectivity index (χ3n) is 5.06. The van der Waals surface area contributed by atoms with E-state index in [1.807, 2.05) is 19.0 Å². The summed E-state index contributed by atoms with van der Waals surface area (Å²) < 4.78 is 6.38. The molecule has 0 saturated carbocycles. The molecule has 0 radical (unpaired) electrons. The van der Waals surface area contributed by atoms with Crippen molar-refractivity contribution in [3.63, 3.8) is 0 Å². The Kier molecular flexibility index (Phi) is 5.11. The van der Waals surface area contributed by atoms with Gasteiger partial charge in [-0.25, -0.2) is 4.79 Å². The lowest BCUT2D eigenvalue weighted by atomic mass is 9.88. The maximum atomic E-state index is 12.1. The Morgan fingerprint density at radius 2 is 1.92 bits per heavy atom. The quantitative estimate of drug-likeness (QED) is 0.835. The normalized spacial score (nSPS) is 24.1. The number of ether oxygens (including phenoxy) is 1. The summed E-state index contributed by atoms with van der Waals surface area (Å²) in [7, 11) is 3.63. The van der Waals surface area contributed by atoms with Crippen molar-refractivity contribution in [3.05, 3.63) is 35.9 Å². The minimum absolute atomic E-state index is 0.102. The van der Waals surface area contributed by atoms with Gasteiger partial charge >= 0.3 is 6.03 Å². The number of urea groups is 1. The highest BCUT2D eigenvalue weighted by molar-refractivity contribution is 5.73. The fourth-order valence-corrected chi connectivity index (χ4v) is 3.96. The molecule has 132 valence electrons. The van der Waals surface area contributed by atoms with Gasteiger partial charge in [0, 0.05) is 46.8 Å². The lowest BCUT2D eigenvalue weighted by Gasteiger charge is -2.49. The second-order valence-electron chi connectivity index (χ2n) is 7.43. The van der Waals surface area contributed by atoms with Gasteiger partial charge in [0.05, 0.1) is 11.7 Å². The molecule has 0 N–H and O–H groups in total. The standard InChI is InChI=1S/C19H29N3O2/c1-16-13-21(14-17-7-5-4-6-8-17)15-19(24-16)9-11-22(12-10-19)18(23)20(2)3/h4-8,16H,9-15H2,1-3H3. The van der Waals surface area contributed by atoms with Gasteiger partial charge in [-0.2, -0.15) is 0 Å². The number of carbonyl (C=O) groups excluding carboxylic acids is 1. The maximum Gasteiger partial charge on any atom is 0.319 e. The molecule has 2 heterocycles. The van der Waals surface area contributed by atoms with Crippen molar-refractivity contribution >= 4 is 6.03 Å². The number of hydrogen-bond donors (Lipinski definition) is 0. The second-order valence-corrected chi connectivity index (χ2v) is 7.43. The van der Waals surface area contributed by atoms with Gasteiger partial charge in [-0.15, -0.1) is 0 Å². The monoisotopic (exact) mass is 331 g/mol. The third-order valence-corrected chi connectivity index (χ3v) is 5.06. The lowest BCUT2D eigenvalue weighted by molar-refractivity contribution is -0.169. The van der Waals surface area contributed by atoms with Crippen molar-refractivity contribution in [2.45, 2.75) is 38.0 Å². The topological polar surface area (TPSA) is 36.0 Å². The Labute approximate surface area is 145 Å². The number of piperidine rings is 1. The first-order chi connectivity index (χ1) is 11.5. The molecular weight excluding hydrogens is 302 g/mol. The molecule has 2 aliphatic rings. The Morgan fingerprint density at radius 1 is 1.25 bits per heavy atom. The Morgan fingerprint density at radius 3 is 2.54 bits per heavy atom. The molecule has 0 aromatic heterocycles. The van der Waals surface area contributed by atoms with E-state index < -0.39 is 0 Å². The summed E-state index contributed by atoms with van der Waals surface area (Å²) in [5.41, 5.74) is 1.25. The molecule has 2 amide bonds. The number of likely N-dealkylation sites (tertiary alicyclic amines) is 1. The third kappa shape index (κ3) is 3.90. The average Bonchev–Trinajstić information content (AvgIpc) is 2.55. The van der Waals surface area contributed by atoms with Gasteiger partial charge in [0.25, 0.3) is 0 Å². The molecule has 0 aliphatic carbocycles. The SMILES string of the molecule is CC1CN(Cc2ccccc2)CC2(CCN(C(=O)N(C)C)CC2)O1. The number of rotatable bonds is 2. The fraction of sp³-hybridized carbons (Fsp3) is 0.632. The van der Waals surface area contributed by atoms with Gasteiger partial charge in [0.15, 0.2) is 0 Å². The molecule has 24 heavy (non-hydrogen) atoms. The lowest BCUT2D eigenvalue weighted by Crippen LogP contribution is -2.59. The van der Waals surface area contributed by atoms with Crippen molar-refractivity contribution in [1.29, 1.82) is 0 Å². The van der Waals surface area contributed by atoms with Crippen LogP contribution in [0.15, 0.2) is 30.3 Å². The van der Waals surface area contributed by atoms with Crippen molar-refractivity contribution < 1.29 is 9.53 Å². The zero-order chi connectivity index (χ0) is 17.2. The van der Waals surface area contributed by atoms with E-state index in [0.717, 1.165) is 45.6 Å². The Hall–Kier alpha value is -1.59. The molecule has 0 bridgehead atoms. The van der Waals surface area contributed by atoms with Crippen LogP contribution in [0.1, 0.15) is 25.3 Å². The highest BCUT2D eigenvalue weighted by Crippen LogP contribution is 2.33. The van der Waals surface area contributed by atoms with Crippen LogP contribution in [0.3, 0.4) is 0 Å². The molecule has 1 atom stereocenters. The highest BCUT2D eigenvalue weighted by Gasteiger charge is 2.42. The predicted octanol–water partition coefficient (Wildman–Crippen LogP) is 2.42. The van der Waals surface area contributed by atoms with Crippen LogP contribution in [-0.4, -0.2) is 72.7 Å². The highest BCUT2D eigenvalue weighted by atomic mass is 16.5. The molecule has 1 aromatic carbocycles. The van der Waals surface area contributed by atoms with Crippen molar-refractivity contribution in [3.8, 4) is 0 Å². The van der Waals surface area contributed by atoms with Crippen LogP contribution in [0.2, 0.25) is 0 Å². The first-order valence-electron chi connectivity index (χ1n) is 8.88. The van der Waals surface area contributed by atoms with E-state index in [0.29, 0.717) is 0 Å². The summed E-state index contributed by atoms with van der Waals surface area (Å²) >= 11 is 0. The first-order valence-corrected chi connectivity index (χ1v) is 8.88. The van der Waals surface area contributed by atoms with Crippen molar-refractivity contribution in [2.24, 2.45) is 0 Å². The minimum atomic E-state index is -0.102. The summed E-state index contributed by atoms with van der Waals surface area (Å²) in [6, 6.07) is 10.7. The van der Waals surface area contributed by atoms with Gasteiger partial charge in [-0.3, -0.25) is 4.90 Å². The molecule has 3 rings (SSSR count). The van der Waals surface area contributed by atoms with Crippen LogP contribution in [0.25, 0.3) is 0 Å². The average molecular weight is 331 g/mol. The van der Waals surface area contributed by atoms with Crippen LogP contribution >= 0.6 is 0 Å². The molecule has 1 unspecified atom stereocenters. The Bertz CT molecular complexity index is 553. The molecule has 2 saturated heterocycles. The molecule has 2 fully saturated rings. The van der Waals surface area contributed by atoms with Crippen molar-refractivity contribution in [1.82, 2.24) is 14.7 Å². The van der Waals surface area contributed by atoms with Crippen LogP contribution in [0, 0.1) is 0 Å². The zero-order valence-electron chi connectivity index (χ0n) is 15.1. The van der Waals surface area contributed by atoms with Crippen molar-refractivity contribution in [2.75, 3.05) is 40.3 Å². The van der Waals surface area contributed by atoms with Gasteiger partial charge < -0.3 is 14.5 Å². The summed E-state index contributed by atoms with van der Waals surface area (Å²) in [5.74, 6) is 0. The second kappa shape index (κ2) is 7.11. The van der Waals surface area contributed by atoms with Gasteiger partial charge in [-0.1, -0.05) is 30.3 Å². The van der Waals surface area contributed by atoms with Crippen LogP contribution < -0.4 is 0 Å².